The summed E-state index contributed by atoms with van der Waals surface area (Å²) < 4.78 is 26.8. The predicted molar refractivity (Wildman–Crippen MR) is 111 cm³/mol. The highest BCUT2D eigenvalue weighted by Crippen LogP contribution is 2.62. The van der Waals surface area contributed by atoms with Crippen molar-refractivity contribution in [2.45, 2.75) is 41.6 Å². The second-order valence-corrected chi connectivity index (χ2v) is 12.5. The molecule has 1 aromatic rings. The Morgan fingerprint density at radius 1 is 1.12 bits per heavy atom. The molecule has 0 bridgehead atoms. The van der Waals surface area contributed by atoms with Crippen LogP contribution in [0.25, 0.3) is 0 Å². The van der Waals surface area contributed by atoms with Gasteiger partial charge in [-0.2, -0.15) is 0 Å². The first-order valence-electron chi connectivity index (χ1n) is 7.44. The Morgan fingerprint density at radius 3 is 2.16 bits per heavy atom. The average molecular weight is 561 g/mol. The van der Waals surface area contributed by atoms with E-state index in [1.165, 1.54) is 0 Å². The standard InChI is InChI=1S/C15H20Br2Cl3O4P/c1-4-10-14(16,17)23-25(21,22-12-8-6-5-7-9-12)24-15(19,20)13(2,3)11-18/h5-9H,4,10-11H2,1-3H3. The van der Waals surface area contributed by atoms with Crippen molar-refractivity contribution in [3.63, 3.8) is 0 Å². The highest BCUT2D eigenvalue weighted by Gasteiger charge is 2.52. The van der Waals surface area contributed by atoms with E-state index in [2.05, 4.69) is 31.9 Å². The molecule has 0 aliphatic rings. The van der Waals surface area contributed by atoms with Crippen molar-refractivity contribution in [2.24, 2.45) is 5.41 Å². The number of phosphoric ester groups is 1. The molecule has 0 aromatic heterocycles. The van der Waals surface area contributed by atoms with E-state index in [1.807, 2.05) is 6.92 Å². The SMILES string of the molecule is CCCC(Br)(Br)OP(=O)(Oc1ccccc1)OC(Cl)(Cl)C(C)(C)CCl. The molecule has 0 radical (unpaired) electrons. The first-order chi connectivity index (χ1) is 11.4. The number of benzene rings is 1. The molecular formula is C15H20Br2Cl3O4P. The minimum absolute atomic E-state index is 0.0636. The van der Waals surface area contributed by atoms with E-state index in [0.717, 1.165) is 6.42 Å². The number of alkyl halides is 5. The van der Waals surface area contributed by atoms with Crippen LogP contribution in [0, 0.1) is 5.41 Å². The third-order valence-corrected chi connectivity index (χ3v) is 8.24. The summed E-state index contributed by atoms with van der Waals surface area (Å²) in [5, 5.41) is 0. The lowest BCUT2D eigenvalue weighted by Crippen LogP contribution is -2.38. The van der Waals surface area contributed by atoms with Crippen LogP contribution in [0.1, 0.15) is 33.6 Å². The van der Waals surface area contributed by atoms with Gasteiger partial charge in [0, 0.05) is 11.3 Å². The Morgan fingerprint density at radius 2 is 1.68 bits per heavy atom. The van der Waals surface area contributed by atoms with Crippen LogP contribution in [0.3, 0.4) is 0 Å². The maximum Gasteiger partial charge on any atom is 0.534 e. The number of hydrogen-bond acceptors (Lipinski definition) is 4. The highest BCUT2D eigenvalue weighted by atomic mass is 79.9. The summed E-state index contributed by atoms with van der Waals surface area (Å²) in [4.78, 5) is 0. The van der Waals surface area contributed by atoms with Crippen LogP contribution in [-0.4, -0.2) is 13.8 Å². The second-order valence-electron chi connectivity index (χ2n) is 5.96. The summed E-state index contributed by atoms with van der Waals surface area (Å²) in [6.07, 6.45) is 1.22. The lowest BCUT2D eigenvalue weighted by molar-refractivity contribution is 0.0594. The van der Waals surface area contributed by atoms with Crippen molar-refractivity contribution in [3.8, 4) is 5.75 Å². The van der Waals surface area contributed by atoms with Crippen molar-refractivity contribution in [2.75, 3.05) is 5.88 Å². The molecule has 0 amide bonds. The molecule has 1 rings (SSSR count). The summed E-state index contributed by atoms with van der Waals surface area (Å²) in [6.45, 7) is 5.29. The van der Waals surface area contributed by atoms with Gasteiger partial charge in [-0.25, -0.2) is 13.6 Å². The maximum atomic E-state index is 13.3. The molecule has 0 spiro atoms. The minimum atomic E-state index is -4.24. The smallest absolute Gasteiger partial charge is 0.404 e. The van der Waals surface area contributed by atoms with E-state index < -0.39 is 21.2 Å². The van der Waals surface area contributed by atoms with Crippen molar-refractivity contribution in [1.82, 2.24) is 0 Å². The van der Waals surface area contributed by atoms with Crippen LogP contribution in [0.4, 0.5) is 0 Å². The van der Waals surface area contributed by atoms with Crippen molar-refractivity contribution in [3.05, 3.63) is 30.3 Å². The minimum Gasteiger partial charge on any atom is -0.404 e. The molecule has 0 heterocycles. The van der Waals surface area contributed by atoms with E-state index in [9.17, 15) is 4.57 Å². The van der Waals surface area contributed by atoms with Gasteiger partial charge in [0.2, 0.25) is 4.52 Å². The zero-order valence-electron chi connectivity index (χ0n) is 14.0. The van der Waals surface area contributed by atoms with E-state index >= 15 is 0 Å². The van der Waals surface area contributed by atoms with Gasteiger partial charge in [0.1, 0.15) is 5.75 Å². The van der Waals surface area contributed by atoms with Gasteiger partial charge in [-0.1, -0.05) is 68.6 Å². The molecule has 0 N–H and O–H groups in total. The molecule has 10 heteroatoms. The average Bonchev–Trinajstić information content (AvgIpc) is 2.46. The fourth-order valence-electron chi connectivity index (χ4n) is 1.51. The lowest BCUT2D eigenvalue weighted by atomic mass is 9.97. The summed E-state index contributed by atoms with van der Waals surface area (Å²) in [6, 6.07) is 8.46. The fraction of sp³-hybridized carbons (Fsp3) is 0.600. The molecule has 25 heavy (non-hydrogen) atoms. The molecule has 0 aliphatic carbocycles. The van der Waals surface area contributed by atoms with Crippen LogP contribution >= 0.6 is 74.5 Å². The molecule has 0 aliphatic heterocycles. The maximum absolute atomic E-state index is 13.3. The molecule has 1 atom stereocenters. The van der Waals surface area contributed by atoms with Gasteiger partial charge in [-0.05, 0) is 50.4 Å². The van der Waals surface area contributed by atoms with E-state index in [0.29, 0.717) is 6.42 Å². The van der Waals surface area contributed by atoms with E-state index in [1.54, 1.807) is 44.2 Å². The van der Waals surface area contributed by atoms with Crippen LogP contribution in [0.5, 0.6) is 5.75 Å². The largest absolute Gasteiger partial charge is 0.534 e. The summed E-state index contributed by atoms with van der Waals surface area (Å²) in [5.74, 6) is 0.347. The number of para-hydroxylation sites is 1. The molecule has 0 saturated carbocycles. The Labute approximate surface area is 180 Å². The molecule has 0 fully saturated rings. The molecule has 0 saturated heterocycles. The Hall–Kier alpha value is 1.00. The van der Waals surface area contributed by atoms with E-state index in [-0.39, 0.29) is 11.6 Å². The summed E-state index contributed by atoms with van der Waals surface area (Å²) in [5.41, 5.74) is -0.928. The molecule has 144 valence electrons. The first kappa shape index (κ1) is 24.0. The Balaban J connectivity index is 3.16. The third kappa shape index (κ3) is 7.50. The van der Waals surface area contributed by atoms with Gasteiger partial charge >= 0.3 is 7.82 Å². The third-order valence-electron chi connectivity index (χ3n) is 3.10. The molecular weight excluding hydrogens is 541 g/mol. The van der Waals surface area contributed by atoms with Gasteiger partial charge in [0.05, 0.1) is 0 Å². The number of halogens is 5. The van der Waals surface area contributed by atoms with Gasteiger partial charge in [0.15, 0.2) is 3.42 Å². The van der Waals surface area contributed by atoms with Crippen LogP contribution < -0.4 is 4.52 Å². The topological polar surface area (TPSA) is 44.8 Å². The zero-order chi connectivity index (χ0) is 19.4. The van der Waals surface area contributed by atoms with Crippen molar-refractivity contribution >= 4 is 74.5 Å². The zero-order valence-corrected chi connectivity index (χ0v) is 20.3. The van der Waals surface area contributed by atoms with Crippen molar-refractivity contribution < 1.29 is 18.1 Å². The normalized spacial score (nSPS) is 15.7. The molecule has 1 aromatic carbocycles. The van der Waals surface area contributed by atoms with Crippen molar-refractivity contribution in [1.29, 1.82) is 0 Å². The first-order valence-corrected chi connectivity index (χ1v) is 11.8. The number of rotatable bonds is 10. The summed E-state index contributed by atoms with van der Waals surface area (Å²) in [7, 11) is -4.24. The van der Waals surface area contributed by atoms with Gasteiger partial charge in [0.25, 0.3) is 0 Å². The van der Waals surface area contributed by atoms with Crippen LogP contribution in [0.2, 0.25) is 0 Å². The second kappa shape index (κ2) is 9.47. The predicted octanol–water partition coefficient (Wildman–Crippen LogP) is 7.85. The highest BCUT2D eigenvalue weighted by molar-refractivity contribution is 9.25. The van der Waals surface area contributed by atoms with Gasteiger partial charge < -0.3 is 4.52 Å². The monoisotopic (exact) mass is 558 g/mol. The van der Waals surface area contributed by atoms with E-state index in [4.69, 9.17) is 48.4 Å². The molecule has 4 nitrogen and oxygen atoms in total. The molecule has 1 unspecified atom stereocenters. The number of hydrogen-bond donors (Lipinski definition) is 0. The Kier molecular flexibility index (Phi) is 9.10. The van der Waals surface area contributed by atoms with Gasteiger partial charge in [-0.15, -0.1) is 11.6 Å². The van der Waals surface area contributed by atoms with Crippen LogP contribution in [0.15, 0.2) is 30.3 Å². The van der Waals surface area contributed by atoms with Crippen LogP contribution in [-0.2, 0) is 13.6 Å². The number of phosphoric acid groups is 1. The lowest BCUT2D eigenvalue weighted by Gasteiger charge is -2.37. The summed E-state index contributed by atoms with van der Waals surface area (Å²) >= 11 is 25.1. The Bertz CT molecular complexity index is 600. The quantitative estimate of drug-likeness (QED) is 0.216. The fourth-order valence-corrected chi connectivity index (χ4v) is 5.77. The van der Waals surface area contributed by atoms with Gasteiger partial charge in [-0.3, -0.25) is 0 Å².